The lowest BCUT2D eigenvalue weighted by atomic mass is 9.84. The third-order valence-corrected chi connectivity index (χ3v) is 5.44. The first-order valence-electron chi connectivity index (χ1n) is 11.6. The fourth-order valence-electron chi connectivity index (χ4n) is 3.79. The largest absolute Gasteiger partial charge is 0.444 e. The van der Waals surface area contributed by atoms with Crippen LogP contribution in [0.3, 0.4) is 0 Å². The van der Waals surface area contributed by atoms with Crippen molar-refractivity contribution in [2.45, 2.75) is 88.7 Å². The van der Waals surface area contributed by atoms with Crippen LogP contribution in [0.1, 0.15) is 46.1 Å². The Morgan fingerprint density at radius 1 is 1.14 bits per heavy atom. The Labute approximate surface area is 204 Å². The third-order valence-electron chi connectivity index (χ3n) is 5.44. The van der Waals surface area contributed by atoms with E-state index in [2.05, 4.69) is 10.6 Å². The van der Waals surface area contributed by atoms with E-state index in [-0.39, 0.29) is 12.8 Å². The van der Waals surface area contributed by atoms with Crippen molar-refractivity contribution in [3.8, 4) is 0 Å². The first-order chi connectivity index (χ1) is 16.3. The second-order valence-electron chi connectivity index (χ2n) is 9.56. The summed E-state index contributed by atoms with van der Waals surface area (Å²) in [4.78, 5) is 38.5. The summed E-state index contributed by atoms with van der Waals surface area (Å²) in [5.74, 6) is -4.58. The minimum absolute atomic E-state index is 0.0244. The number of benzene rings is 1. The summed E-state index contributed by atoms with van der Waals surface area (Å²) in [5.41, 5.74) is -0.242. The smallest absolute Gasteiger partial charge is 0.408 e. The molecule has 1 aliphatic rings. The number of ketones is 1. The lowest BCUT2D eigenvalue weighted by Gasteiger charge is -2.47. The molecule has 1 heterocycles. The minimum Gasteiger partial charge on any atom is -0.444 e. The molecule has 2 amide bonds. The van der Waals surface area contributed by atoms with Gasteiger partial charge in [0.25, 0.3) is 5.79 Å². The number of aliphatic hydroxyl groups excluding tert-OH is 3. The number of alkyl carbamates (subject to hydrolysis) is 1. The Morgan fingerprint density at radius 2 is 1.77 bits per heavy atom. The van der Waals surface area contributed by atoms with Crippen molar-refractivity contribution in [3.05, 3.63) is 35.9 Å². The highest BCUT2D eigenvalue weighted by atomic mass is 16.7. The average Bonchev–Trinajstić information content (AvgIpc) is 2.78. The van der Waals surface area contributed by atoms with Crippen molar-refractivity contribution in [1.82, 2.24) is 10.6 Å². The second-order valence-corrected chi connectivity index (χ2v) is 9.56. The molecule has 35 heavy (non-hydrogen) atoms. The monoisotopic (exact) mass is 496 g/mol. The zero-order valence-electron chi connectivity index (χ0n) is 20.4. The van der Waals surface area contributed by atoms with E-state index < -0.39 is 66.2 Å². The first kappa shape index (κ1) is 28.7. The Morgan fingerprint density at radius 3 is 2.31 bits per heavy atom. The van der Waals surface area contributed by atoms with Gasteiger partial charge in [0.2, 0.25) is 11.7 Å². The van der Waals surface area contributed by atoms with Gasteiger partial charge >= 0.3 is 6.09 Å². The number of nitrogens with one attached hydrogen (secondary N) is 2. The molecule has 196 valence electrons. The molecule has 6 N–H and O–H groups in total. The SMILES string of the molecule is CCCC(=O)N[C@@H]1[C@@H](O)[C@H](O)[C@@H](CO)OC1(O)C(=O)[C@H](Cc1ccccc1)NC(=O)OC(C)(C)C. The van der Waals surface area contributed by atoms with E-state index in [0.29, 0.717) is 12.0 Å². The number of rotatable bonds is 9. The standard InChI is InChI=1S/C24H36N2O9/c1-5-9-17(28)26-20-19(30)18(29)16(13-27)34-24(20,33)21(31)15(12-14-10-7-6-8-11-14)25-22(32)35-23(2,3)4/h6-8,10-11,15-16,18-20,27,29-30,33H,5,9,12-13H2,1-4H3,(H,25,32)(H,26,28)/t15-,16+,18+,19-,20+,24?/m0/s1. The van der Waals surface area contributed by atoms with Crippen LogP contribution >= 0.6 is 0 Å². The van der Waals surface area contributed by atoms with Gasteiger partial charge in [-0.1, -0.05) is 37.3 Å². The van der Waals surface area contributed by atoms with Gasteiger partial charge < -0.3 is 40.5 Å². The molecular formula is C24H36N2O9. The summed E-state index contributed by atoms with van der Waals surface area (Å²) >= 11 is 0. The van der Waals surface area contributed by atoms with Gasteiger partial charge in [0, 0.05) is 12.8 Å². The zero-order chi connectivity index (χ0) is 26.4. The fraction of sp³-hybridized carbons (Fsp3) is 0.625. The number of Topliss-reactive ketones (excluding diaryl/α,β-unsaturated/α-hetero) is 1. The Hall–Kier alpha value is -2.57. The molecule has 0 aliphatic carbocycles. The summed E-state index contributed by atoms with van der Waals surface area (Å²) in [6.07, 6.45) is -5.63. The maximum absolute atomic E-state index is 13.7. The summed E-state index contributed by atoms with van der Waals surface area (Å²) < 4.78 is 10.7. The van der Waals surface area contributed by atoms with E-state index in [4.69, 9.17) is 9.47 Å². The van der Waals surface area contributed by atoms with Gasteiger partial charge in [-0.25, -0.2) is 4.79 Å². The van der Waals surface area contributed by atoms with Gasteiger partial charge in [-0.15, -0.1) is 0 Å². The van der Waals surface area contributed by atoms with Gasteiger partial charge in [-0.05, 0) is 32.8 Å². The molecule has 1 aromatic carbocycles. The first-order valence-corrected chi connectivity index (χ1v) is 11.6. The van der Waals surface area contributed by atoms with Crippen molar-refractivity contribution in [2.75, 3.05) is 6.61 Å². The highest BCUT2D eigenvalue weighted by molar-refractivity contribution is 5.94. The van der Waals surface area contributed by atoms with E-state index in [1.165, 1.54) is 0 Å². The summed E-state index contributed by atoms with van der Waals surface area (Å²) in [5, 5.41) is 46.8. The maximum atomic E-state index is 13.7. The van der Waals surface area contributed by atoms with E-state index in [1.807, 2.05) is 0 Å². The molecule has 0 bridgehead atoms. The molecule has 1 saturated heterocycles. The van der Waals surface area contributed by atoms with Gasteiger partial charge in [0.1, 0.15) is 36.0 Å². The topological polar surface area (TPSA) is 175 Å². The number of aliphatic hydroxyl groups is 4. The lowest BCUT2D eigenvalue weighted by molar-refractivity contribution is -0.302. The van der Waals surface area contributed by atoms with E-state index >= 15 is 0 Å². The Balaban J connectivity index is 2.45. The molecule has 1 aromatic rings. The Bertz CT molecular complexity index is 873. The second kappa shape index (κ2) is 11.9. The molecular weight excluding hydrogens is 460 g/mol. The van der Waals surface area contributed by atoms with Crippen molar-refractivity contribution < 1.29 is 44.3 Å². The van der Waals surface area contributed by atoms with Crippen molar-refractivity contribution in [3.63, 3.8) is 0 Å². The highest BCUT2D eigenvalue weighted by Crippen LogP contribution is 2.31. The number of carbonyl (C=O) groups excluding carboxylic acids is 3. The number of amides is 2. The molecule has 2 rings (SSSR count). The van der Waals surface area contributed by atoms with Crippen LogP contribution < -0.4 is 10.6 Å². The highest BCUT2D eigenvalue weighted by Gasteiger charge is 2.59. The minimum atomic E-state index is -2.89. The number of ether oxygens (including phenoxy) is 2. The quantitative estimate of drug-likeness (QED) is 0.270. The number of hydrogen-bond donors (Lipinski definition) is 6. The normalized spacial score (nSPS) is 27.5. The molecule has 11 heteroatoms. The molecule has 0 spiro atoms. The van der Waals surface area contributed by atoms with E-state index in [9.17, 15) is 34.8 Å². The van der Waals surface area contributed by atoms with Crippen LogP contribution in [0.4, 0.5) is 4.79 Å². The summed E-state index contributed by atoms with van der Waals surface area (Å²) in [6.45, 7) is 5.83. The molecule has 11 nitrogen and oxygen atoms in total. The predicted molar refractivity (Wildman–Crippen MR) is 124 cm³/mol. The fourth-order valence-corrected chi connectivity index (χ4v) is 3.79. The lowest BCUT2D eigenvalue weighted by Crippen LogP contribution is -2.74. The molecule has 1 fully saturated rings. The molecule has 6 atom stereocenters. The molecule has 0 aromatic heterocycles. The van der Waals surface area contributed by atoms with Gasteiger partial charge in [0.15, 0.2) is 0 Å². The zero-order valence-corrected chi connectivity index (χ0v) is 20.4. The van der Waals surface area contributed by atoms with Crippen molar-refractivity contribution >= 4 is 17.8 Å². The maximum Gasteiger partial charge on any atom is 0.408 e. The van der Waals surface area contributed by atoms with Crippen LogP contribution in [-0.4, -0.2) is 86.6 Å². The van der Waals surface area contributed by atoms with Gasteiger partial charge in [-0.2, -0.15) is 0 Å². The molecule has 1 aliphatic heterocycles. The molecule has 0 radical (unpaired) electrons. The molecule has 1 unspecified atom stereocenters. The van der Waals surface area contributed by atoms with Crippen molar-refractivity contribution in [1.29, 1.82) is 0 Å². The summed E-state index contributed by atoms with van der Waals surface area (Å²) in [7, 11) is 0. The van der Waals surface area contributed by atoms with Crippen LogP contribution in [0, 0.1) is 0 Å². The summed E-state index contributed by atoms with van der Waals surface area (Å²) in [6, 6.07) is 5.45. The number of hydrogen-bond acceptors (Lipinski definition) is 9. The van der Waals surface area contributed by atoms with Crippen LogP contribution in [0.25, 0.3) is 0 Å². The van der Waals surface area contributed by atoms with Crippen LogP contribution in [-0.2, 0) is 25.5 Å². The number of carbonyl (C=O) groups is 3. The van der Waals surface area contributed by atoms with Crippen LogP contribution in [0.15, 0.2) is 30.3 Å². The van der Waals surface area contributed by atoms with E-state index in [1.54, 1.807) is 58.0 Å². The van der Waals surface area contributed by atoms with Gasteiger partial charge in [-0.3, -0.25) is 9.59 Å². The molecule has 0 saturated carbocycles. The van der Waals surface area contributed by atoms with Gasteiger partial charge in [0.05, 0.1) is 6.61 Å². The predicted octanol–water partition coefficient (Wildman–Crippen LogP) is -0.222. The van der Waals surface area contributed by atoms with E-state index in [0.717, 1.165) is 0 Å². The van der Waals surface area contributed by atoms with Crippen molar-refractivity contribution in [2.24, 2.45) is 0 Å². The third kappa shape index (κ3) is 7.45. The Kier molecular flexibility index (Phi) is 9.76. The van der Waals surface area contributed by atoms with Crippen LogP contribution in [0.5, 0.6) is 0 Å². The van der Waals surface area contributed by atoms with Crippen LogP contribution in [0.2, 0.25) is 0 Å². The average molecular weight is 497 g/mol.